The van der Waals surface area contributed by atoms with Crippen LogP contribution in [0.3, 0.4) is 0 Å². The number of thiocarbonyl (C=S) groups is 1. The number of nitrogens with zero attached hydrogens (tertiary/aromatic N) is 3. The molecule has 0 bridgehead atoms. The summed E-state index contributed by atoms with van der Waals surface area (Å²) in [5.74, 6) is 0.840. The number of rotatable bonds is 5. The summed E-state index contributed by atoms with van der Waals surface area (Å²) >= 11 is 4.93. The summed E-state index contributed by atoms with van der Waals surface area (Å²) in [6, 6.07) is 11.9. The van der Waals surface area contributed by atoms with Crippen molar-refractivity contribution in [3.05, 3.63) is 48.9 Å². The number of para-hydroxylation sites is 1. The van der Waals surface area contributed by atoms with Crippen molar-refractivity contribution in [2.45, 2.75) is 6.42 Å². The first kappa shape index (κ1) is 12.4. The predicted octanol–water partition coefficient (Wildman–Crippen LogP) is 2.29. The largest absolute Gasteiger partial charge is 0.393 e. The van der Waals surface area contributed by atoms with Gasteiger partial charge in [-0.15, -0.1) is 0 Å². The second kappa shape index (κ2) is 6.07. The fourth-order valence-corrected chi connectivity index (χ4v) is 1.74. The molecule has 0 spiro atoms. The van der Waals surface area contributed by atoms with Crippen molar-refractivity contribution in [3.63, 3.8) is 0 Å². The molecule has 2 aromatic rings. The molecule has 0 unspecified atom stereocenters. The normalized spacial score (nSPS) is 10.0. The zero-order chi connectivity index (χ0) is 12.8. The van der Waals surface area contributed by atoms with Gasteiger partial charge in [0.15, 0.2) is 0 Å². The van der Waals surface area contributed by atoms with E-state index in [9.17, 15) is 0 Å². The summed E-state index contributed by atoms with van der Waals surface area (Å²) < 4.78 is 0. The van der Waals surface area contributed by atoms with E-state index in [2.05, 4.69) is 14.9 Å². The third-order valence-corrected chi connectivity index (χ3v) is 2.70. The lowest BCUT2D eigenvalue weighted by Crippen LogP contribution is -2.23. The quantitative estimate of drug-likeness (QED) is 0.834. The van der Waals surface area contributed by atoms with Gasteiger partial charge in [0, 0.05) is 24.8 Å². The highest BCUT2D eigenvalue weighted by Gasteiger charge is 2.10. The van der Waals surface area contributed by atoms with E-state index in [1.807, 2.05) is 36.4 Å². The van der Waals surface area contributed by atoms with Crippen LogP contribution in [-0.2, 0) is 0 Å². The van der Waals surface area contributed by atoms with E-state index in [0.717, 1.165) is 11.5 Å². The Balaban J connectivity index is 2.26. The highest BCUT2D eigenvalue weighted by Crippen LogP contribution is 2.22. The van der Waals surface area contributed by atoms with Crippen molar-refractivity contribution >= 4 is 28.7 Å². The molecule has 0 saturated heterocycles. The van der Waals surface area contributed by atoms with E-state index < -0.39 is 0 Å². The van der Waals surface area contributed by atoms with Gasteiger partial charge in [-0.2, -0.15) is 0 Å². The van der Waals surface area contributed by atoms with Crippen LogP contribution in [0.5, 0.6) is 0 Å². The molecule has 0 amide bonds. The lowest BCUT2D eigenvalue weighted by atomic mass is 10.2. The first-order valence-electron chi connectivity index (χ1n) is 5.64. The molecule has 0 saturated carbocycles. The van der Waals surface area contributed by atoms with Crippen molar-refractivity contribution < 1.29 is 0 Å². The SMILES string of the molecule is NC(=S)CCN(c1ccccc1)c1ccncn1. The Hall–Kier alpha value is -2.01. The number of aromatic nitrogens is 2. The number of hydrogen-bond acceptors (Lipinski definition) is 4. The summed E-state index contributed by atoms with van der Waals surface area (Å²) in [5.41, 5.74) is 6.63. The van der Waals surface area contributed by atoms with E-state index in [-0.39, 0.29) is 0 Å². The number of nitrogens with two attached hydrogens (primary N) is 1. The van der Waals surface area contributed by atoms with Crippen molar-refractivity contribution in [1.82, 2.24) is 9.97 Å². The van der Waals surface area contributed by atoms with Gasteiger partial charge in [0.1, 0.15) is 12.1 Å². The minimum absolute atomic E-state index is 0.505. The Morgan fingerprint density at radius 3 is 2.61 bits per heavy atom. The van der Waals surface area contributed by atoms with Gasteiger partial charge < -0.3 is 10.6 Å². The molecule has 0 radical (unpaired) electrons. The topological polar surface area (TPSA) is 55.0 Å². The molecule has 1 aromatic heterocycles. The van der Waals surface area contributed by atoms with Crippen LogP contribution in [0.4, 0.5) is 11.5 Å². The molecular formula is C13H14N4S. The van der Waals surface area contributed by atoms with Gasteiger partial charge in [0.25, 0.3) is 0 Å². The van der Waals surface area contributed by atoms with Crippen LogP contribution < -0.4 is 10.6 Å². The van der Waals surface area contributed by atoms with Gasteiger partial charge in [0.05, 0.1) is 4.99 Å². The average Bonchev–Trinajstić information content (AvgIpc) is 2.41. The lowest BCUT2D eigenvalue weighted by molar-refractivity contribution is 0.935. The molecule has 92 valence electrons. The van der Waals surface area contributed by atoms with Crippen LogP contribution in [0.15, 0.2) is 48.9 Å². The maximum Gasteiger partial charge on any atom is 0.136 e. The minimum atomic E-state index is 0.505. The Morgan fingerprint density at radius 2 is 2.00 bits per heavy atom. The molecule has 0 aliphatic rings. The lowest BCUT2D eigenvalue weighted by Gasteiger charge is -2.23. The average molecular weight is 258 g/mol. The van der Waals surface area contributed by atoms with E-state index in [0.29, 0.717) is 18.0 Å². The number of benzene rings is 1. The van der Waals surface area contributed by atoms with Gasteiger partial charge in [0.2, 0.25) is 0 Å². The van der Waals surface area contributed by atoms with Gasteiger partial charge in [-0.1, -0.05) is 30.4 Å². The Kier molecular flexibility index (Phi) is 4.20. The first-order valence-corrected chi connectivity index (χ1v) is 6.05. The maximum atomic E-state index is 5.57. The molecule has 0 fully saturated rings. The molecule has 1 heterocycles. The van der Waals surface area contributed by atoms with Crippen LogP contribution in [0.1, 0.15) is 6.42 Å². The molecule has 18 heavy (non-hydrogen) atoms. The van der Waals surface area contributed by atoms with Gasteiger partial charge >= 0.3 is 0 Å². The predicted molar refractivity (Wildman–Crippen MR) is 76.9 cm³/mol. The molecule has 0 atom stereocenters. The fraction of sp³-hybridized carbons (Fsp3) is 0.154. The molecule has 2 N–H and O–H groups in total. The highest BCUT2D eigenvalue weighted by atomic mass is 32.1. The maximum absolute atomic E-state index is 5.57. The summed E-state index contributed by atoms with van der Waals surface area (Å²) in [6.07, 6.45) is 3.90. The number of anilines is 2. The van der Waals surface area contributed by atoms with Crippen LogP contribution >= 0.6 is 12.2 Å². The molecule has 1 aromatic carbocycles. The van der Waals surface area contributed by atoms with Crippen LogP contribution in [-0.4, -0.2) is 21.5 Å². The van der Waals surface area contributed by atoms with Gasteiger partial charge in [-0.05, 0) is 18.2 Å². The Morgan fingerprint density at radius 1 is 1.22 bits per heavy atom. The van der Waals surface area contributed by atoms with Crippen LogP contribution in [0.2, 0.25) is 0 Å². The second-order valence-electron chi connectivity index (χ2n) is 3.77. The molecule has 2 rings (SSSR count). The highest BCUT2D eigenvalue weighted by molar-refractivity contribution is 7.80. The monoisotopic (exact) mass is 258 g/mol. The Labute approximate surface area is 111 Å². The third kappa shape index (κ3) is 3.24. The number of hydrogen-bond donors (Lipinski definition) is 1. The van der Waals surface area contributed by atoms with Gasteiger partial charge in [-0.25, -0.2) is 9.97 Å². The van der Waals surface area contributed by atoms with Crippen LogP contribution in [0.25, 0.3) is 0 Å². The molecule has 0 aliphatic carbocycles. The first-order chi connectivity index (χ1) is 8.77. The van der Waals surface area contributed by atoms with Crippen molar-refractivity contribution in [3.8, 4) is 0 Å². The molecule has 5 heteroatoms. The zero-order valence-corrected chi connectivity index (χ0v) is 10.7. The van der Waals surface area contributed by atoms with Crippen molar-refractivity contribution in [2.75, 3.05) is 11.4 Å². The van der Waals surface area contributed by atoms with E-state index >= 15 is 0 Å². The smallest absolute Gasteiger partial charge is 0.136 e. The molecule has 0 aliphatic heterocycles. The summed E-state index contributed by atoms with van der Waals surface area (Å²) in [4.78, 5) is 10.8. The molecular weight excluding hydrogens is 244 g/mol. The minimum Gasteiger partial charge on any atom is -0.393 e. The van der Waals surface area contributed by atoms with Crippen molar-refractivity contribution in [1.29, 1.82) is 0 Å². The van der Waals surface area contributed by atoms with E-state index in [4.69, 9.17) is 18.0 Å². The summed E-state index contributed by atoms with van der Waals surface area (Å²) in [6.45, 7) is 0.705. The van der Waals surface area contributed by atoms with Crippen LogP contribution in [0, 0.1) is 0 Å². The zero-order valence-electron chi connectivity index (χ0n) is 9.86. The second-order valence-corrected chi connectivity index (χ2v) is 4.30. The summed E-state index contributed by atoms with van der Waals surface area (Å²) in [7, 11) is 0. The van der Waals surface area contributed by atoms with Crippen molar-refractivity contribution in [2.24, 2.45) is 5.73 Å². The summed E-state index contributed by atoms with van der Waals surface area (Å²) in [5, 5.41) is 0. The van der Waals surface area contributed by atoms with E-state index in [1.165, 1.54) is 6.33 Å². The van der Waals surface area contributed by atoms with Gasteiger partial charge in [-0.3, -0.25) is 0 Å². The Bertz CT molecular complexity index is 461. The molecule has 4 nitrogen and oxygen atoms in total. The fourth-order valence-electron chi connectivity index (χ4n) is 1.65. The standard InChI is InChI=1S/C13H14N4S/c14-12(18)7-9-17(11-4-2-1-3-5-11)13-6-8-15-10-16-13/h1-6,8,10H,7,9H2,(H2,14,18). The third-order valence-electron chi connectivity index (χ3n) is 2.49. The van der Waals surface area contributed by atoms with E-state index in [1.54, 1.807) is 6.20 Å².